The number of nitrogens with zero attached hydrogens (tertiary/aromatic N) is 1. The third kappa shape index (κ3) is 2.26. The van der Waals surface area contributed by atoms with E-state index in [-0.39, 0.29) is 6.04 Å². The van der Waals surface area contributed by atoms with E-state index in [1.807, 2.05) is 6.07 Å². The Morgan fingerprint density at radius 1 is 1.26 bits per heavy atom. The molecule has 2 aromatic rings. The smallest absolute Gasteiger partial charge is 0.126 e. The fourth-order valence-corrected chi connectivity index (χ4v) is 2.83. The zero-order chi connectivity index (χ0) is 13.2. The van der Waals surface area contributed by atoms with Gasteiger partial charge in [-0.3, -0.25) is 4.90 Å². The summed E-state index contributed by atoms with van der Waals surface area (Å²) in [5.41, 5.74) is 2.61. The lowest BCUT2D eigenvalue weighted by atomic mass is 9.91. The van der Waals surface area contributed by atoms with E-state index in [0.29, 0.717) is 6.04 Å². The van der Waals surface area contributed by atoms with Crippen LogP contribution in [0.25, 0.3) is 0 Å². The SMILES string of the molecule is CCN(C)[C@H]1C[C@@H](c2ccco2)Nc2ccccc21. The first-order valence-electron chi connectivity index (χ1n) is 6.88. The fraction of sp³-hybridized carbons (Fsp3) is 0.375. The van der Waals surface area contributed by atoms with Crippen LogP contribution in [-0.4, -0.2) is 18.5 Å². The Labute approximate surface area is 114 Å². The van der Waals surface area contributed by atoms with Crippen LogP contribution in [0.4, 0.5) is 5.69 Å². The van der Waals surface area contributed by atoms with Gasteiger partial charge in [0.15, 0.2) is 0 Å². The minimum absolute atomic E-state index is 0.254. The van der Waals surface area contributed by atoms with E-state index >= 15 is 0 Å². The van der Waals surface area contributed by atoms with Crippen molar-refractivity contribution < 1.29 is 4.42 Å². The van der Waals surface area contributed by atoms with E-state index in [2.05, 4.69) is 54.5 Å². The minimum Gasteiger partial charge on any atom is -0.467 e. The number of hydrogen-bond acceptors (Lipinski definition) is 3. The van der Waals surface area contributed by atoms with E-state index in [9.17, 15) is 0 Å². The highest BCUT2D eigenvalue weighted by atomic mass is 16.3. The topological polar surface area (TPSA) is 28.4 Å². The molecule has 0 amide bonds. The second-order valence-corrected chi connectivity index (χ2v) is 5.12. The van der Waals surface area contributed by atoms with Crippen LogP contribution in [0.3, 0.4) is 0 Å². The van der Waals surface area contributed by atoms with E-state index in [0.717, 1.165) is 18.7 Å². The molecule has 2 heterocycles. The normalized spacial score (nSPS) is 22.1. The van der Waals surface area contributed by atoms with Gasteiger partial charge in [-0.1, -0.05) is 25.1 Å². The molecule has 100 valence electrons. The van der Waals surface area contributed by atoms with Crippen molar-refractivity contribution in [1.29, 1.82) is 0 Å². The maximum Gasteiger partial charge on any atom is 0.126 e. The monoisotopic (exact) mass is 256 g/mol. The summed E-state index contributed by atoms with van der Waals surface area (Å²) in [6.07, 6.45) is 2.78. The van der Waals surface area contributed by atoms with Crippen LogP contribution in [0, 0.1) is 0 Å². The Hall–Kier alpha value is -1.74. The molecule has 0 fully saturated rings. The van der Waals surface area contributed by atoms with Crippen molar-refractivity contribution in [3.63, 3.8) is 0 Å². The number of hydrogen-bond donors (Lipinski definition) is 1. The van der Waals surface area contributed by atoms with Crippen LogP contribution in [0.5, 0.6) is 0 Å². The van der Waals surface area contributed by atoms with E-state index in [4.69, 9.17) is 4.42 Å². The van der Waals surface area contributed by atoms with Crippen LogP contribution in [0.2, 0.25) is 0 Å². The molecule has 1 N–H and O–H groups in total. The maximum atomic E-state index is 5.57. The molecule has 0 radical (unpaired) electrons. The van der Waals surface area contributed by atoms with Crippen molar-refractivity contribution in [2.75, 3.05) is 18.9 Å². The van der Waals surface area contributed by atoms with Gasteiger partial charge in [-0.25, -0.2) is 0 Å². The van der Waals surface area contributed by atoms with Gasteiger partial charge in [0.05, 0.1) is 12.3 Å². The molecule has 19 heavy (non-hydrogen) atoms. The van der Waals surface area contributed by atoms with Crippen LogP contribution in [0.15, 0.2) is 47.1 Å². The number of para-hydroxylation sites is 1. The molecule has 3 nitrogen and oxygen atoms in total. The summed E-state index contributed by atoms with van der Waals surface area (Å²) in [6, 6.07) is 13.3. The Kier molecular flexibility index (Phi) is 3.30. The number of rotatable bonds is 3. The average Bonchev–Trinajstić information content (AvgIpc) is 2.99. The lowest BCUT2D eigenvalue weighted by Crippen LogP contribution is -2.31. The molecular formula is C16H20N2O. The van der Waals surface area contributed by atoms with Gasteiger partial charge in [-0.15, -0.1) is 0 Å². The standard InChI is InChI=1S/C16H20N2O/c1-3-18(2)15-11-14(16-9-6-10-19-16)17-13-8-5-4-7-12(13)15/h4-10,14-15,17H,3,11H2,1-2H3/t14-,15-/m0/s1. The summed E-state index contributed by atoms with van der Waals surface area (Å²) in [6.45, 7) is 3.25. The molecule has 0 unspecified atom stereocenters. The molecule has 1 aliphatic heterocycles. The zero-order valence-corrected chi connectivity index (χ0v) is 11.5. The second-order valence-electron chi connectivity index (χ2n) is 5.12. The Bertz CT molecular complexity index is 535. The molecule has 3 rings (SSSR count). The van der Waals surface area contributed by atoms with Crippen molar-refractivity contribution in [2.45, 2.75) is 25.4 Å². The van der Waals surface area contributed by atoms with Gasteiger partial charge >= 0.3 is 0 Å². The van der Waals surface area contributed by atoms with Gasteiger partial charge in [0.1, 0.15) is 5.76 Å². The first kappa shape index (κ1) is 12.3. The highest BCUT2D eigenvalue weighted by Gasteiger charge is 2.30. The number of furan rings is 1. The van der Waals surface area contributed by atoms with Crippen LogP contribution >= 0.6 is 0 Å². The molecule has 0 bridgehead atoms. The van der Waals surface area contributed by atoms with Crippen LogP contribution in [-0.2, 0) is 0 Å². The third-order valence-corrected chi connectivity index (χ3v) is 4.03. The Morgan fingerprint density at radius 3 is 2.84 bits per heavy atom. The summed E-state index contributed by atoms with van der Waals surface area (Å²) >= 11 is 0. The molecule has 0 saturated heterocycles. The summed E-state index contributed by atoms with van der Waals surface area (Å²) in [5, 5.41) is 3.59. The summed E-state index contributed by atoms with van der Waals surface area (Å²) in [4.78, 5) is 2.40. The van der Waals surface area contributed by atoms with Gasteiger partial charge in [-0.2, -0.15) is 0 Å². The number of nitrogens with one attached hydrogen (secondary N) is 1. The predicted molar refractivity (Wildman–Crippen MR) is 77.2 cm³/mol. The minimum atomic E-state index is 0.254. The lowest BCUT2D eigenvalue weighted by Gasteiger charge is -2.37. The summed E-state index contributed by atoms with van der Waals surface area (Å²) in [5.74, 6) is 1.02. The molecular weight excluding hydrogens is 236 g/mol. The lowest BCUT2D eigenvalue weighted by molar-refractivity contribution is 0.226. The van der Waals surface area contributed by atoms with Gasteiger partial charge in [0.2, 0.25) is 0 Å². The third-order valence-electron chi connectivity index (χ3n) is 4.03. The van der Waals surface area contributed by atoms with Crippen LogP contribution in [0.1, 0.15) is 36.8 Å². The van der Waals surface area contributed by atoms with Gasteiger partial charge in [-0.05, 0) is 43.8 Å². The van der Waals surface area contributed by atoms with E-state index in [1.54, 1.807) is 6.26 Å². The highest BCUT2D eigenvalue weighted by Crippen LogP contribution is 2.41. The summed E-state index contributed by atoms with van der Waals surface area (Å²) < 4.78 is 5.57. The average molecular weight is 256 g/mol. The van der Waals surface area contributed by atoms with Gasteiger partial charge in [0.25, 0.3) is 0 Å². The van der Waals surface area contributed by atoms with E-state index < -0.39 is 0 Å². The first-order chi connectivity index (χ1) is 9.29. The predicted octanol–water partition coefficient (Wildman–Crippen LogP) is 3.83. The maximum absolute atomic E-state index is 5.57. The first-order valence-corrected chi connectivity index (χ1v) is 6.88. The molecule has 0 aliphatic carbocycles. The molecule has 3 heteroatoms. The molecule has 2 atom stereocenters. The second kappa shape index (κ2) is 5.10. The number of benzene rings is 1. The Balaban J connectivity index is 1.96. The highest BCUT2D eigenvalue weighted by molar-refractivity contribution is 5.56. The van der Waals surface area contributed by atoms with Crippen molar-refractivity contribution in [1.82, 2.24) is 4.90 Å². The fourth-order valence-electron chi connectivity index (χ4n) is 2.83. The van der Waals surface area contributed by atoms with Gasteiger partial charge < -0.3 is 9.73 Å². The molecule has 0 saturated carbocycles. The van der Waals surface area contributed by atoms with Crippen molar-refractivity contribution in [3.05, 3.63) is 54.0 Å². The van der Waals surface area contributed by atoms with Gasteiger partial charge in [0, 0.05) is 11.7 Å². The van der Waals surface area contributed by atoms with Crippen LogP contribution < -0.4 is 5.32 Å². The quantitative estimate of drug-likeness (QED) is 0.904. The molecule has 1 aliphatic rings. The van der Waals surface area contributed by atoms with Crippen molar-refractivity contribution in [2.24, 2.45) is 0 Å². The van der Waals surface area contributed by atoms with E-state index in [1.165, 1.54) is 11.3 Å². The summed E-state index contributed by atoms with van der Waals surface area (Å²) in [7, 11) is 2.19. The Morgan fingerprint density at radius 2 is 2.11 bits per heavy atom. The van der Waals surface area contributed by atoms with Crippen molar-refractivity contribution >= 4 is 5.69 Å². The number of anilines is 1. The number of fused-ring (bicyclic) bond motifs is 1. The molecule has 1 aromatic carbocycles. The van der Waals surface area contributed by atoms with Crippen molar-refractivity contribution in [3.8, 4) is 0 Å². The zero-order valence-electron chi connectivity index (χ0n) is 11.5. The largest absolute Gasteiger partial charge is 0.467 e. The molecule has 1 aromatic heterocycles. The molecule has 0 spiro atoms.